The van der Waals surface area contributed by atoms with E-state index in [1.807, 2.05) is 11.4 Å². The predicted octanol–water partition coefficient (Wildman–Crippen LogP) is 1.56. The summed E-state index contributed by atoms with van der Waals surface area (Å²) in [5, 5.41) is 4.84. The van der Waals surface area contributed by atoms with E-state index in [0.717, 1.165) is 23.4 Å². The van der Waals surface area contributed by atoms with Gasteiger partial charge in [-0.1, -0.05) is 0 Å². The highest BCUT2D eigenvalue weighted by atomic mass is 32.1. The summed E-state index contributed by atoms with van der Waals surface area (Å²) in [4.78, 5) is 12.4. The molecule has 0 aromatic carbocycles. The monoisotopic (exact) mass is 196 g/mol. The van der Waals surface area contributed by atoms with Crippen molar-refractivity contribution < 1.29 is 4.79 Å². The molecule has 0 bridgehead atoms. The molecule has 1 aliphatic rings. The number of hydrogen-bond donors (Lipinski definition) is 2. The number of anilines is 1. The Morgan fingerprint density at radius 2 is 2.46 bits per heavy atom. The summed E-state index contributed by atoms with van der Waals surface area (Å²) in [7, 11) is 0. The molecule has 0 radical (unpaired) electrons. The van der Waals surface area contributed by atoms with Crippen LogP contribution in [0, 0.1) is 5.92 Å². The van der Waals surface area contributed by atoms with Crippen LogP contribution in [0.4, 0.5) is 5.69 Å². The van der Waals surface area contributed by atoms with E-state index in [0.29, 0.717) is 6.54 Å². The normalized spacial score (nSPS) is 15.8. The van der Waals surface area contributed by atoms with Crippen LogP contribution in [0.5, 0.6) is 0 Å². The molecule has 1 saturated carbocycles. The Hall–Kier alpha value is -0.870. The summed E-state index contributed by atoms with van der Waals surface area (Å²) in [5.41, 5.74) is 6.41. The van der Waals surface area contributed by atoms with Crippen molar-refractivity contribution in [2.24, 2.45) is 11.7 Å². The highest BCUT2D eigenvalue weighted by molar-refractivity contribution is 7.10. The number of thiophene rings is 1. The van der Waals surface area contributed by atoms with Crippen LogP contribution in [-0.4, -0.2) is 5.91 Å². The van der Waals surface area contributed by atoms with E-state index in [2.05, 4.69) is 5.32 Å². The molecular formula is C9H12N2OS. The largest absolute Gasteiger partial charge is 0.326 e. The molecule has 1 fully saturated rings. The van der Waals surface area contributed by atoms with Crippen molar-refractivity contribution in [2.45, 2.75) is 19.4 Å². The van der Waals surface area contributed by atoms with E-state index in [1.54, 1.807) is 11.3 Å². The lowest BCUT2D eigenvalue weighted by Gasteiger charge is -2.03. The van der Waals surface area contributed by atoms with Gasteiger partial charge < -0.3 is 11.1 Å². The fourth-order valence-corrected chi connectivity index (χ4v) is 1.90. The predicted molar refractivity (Wildman–Crippen MR) is 53.6 cm³/mol. The van der Waals surface area contributed by atoms with Crippen LogP contribution in [0.15, 0.2) is 11.4 Å². The van der Waals surface area contributed by atoms with Crippen molar-refractivity contribution in [1.29, 1.82) is 0 Å². The third kappa shape index (κ3) is 1.89. The standard InChI is InChI=1S/C9H12N2OS/c10-5-8-7(3-4-13-8)11-9(12)6-1-2-6/h3-4,6H,1-2,5,10H2,(H,11,12). The molecule has 2 rings (SSSR count). The van der Waals surface area contributed by atoms with Crippen LogP contribution in [0.2, 0.25) is 0 Å². The van der Waals surface area contributed by atoms with Gasteiger partial charge in [0, 0.05) is 17.3 Å². The smallest absolute Gasteiger partial charge is 0.227 e. The number of hydrogen-bond acceptors (Lipinski definition) is 3. The van der Waals surface area contributed by atoms with E-state index < -0.39 is 0 Å². The average molecular weight is 196 g/mol. The Kier molecular flexibility index (Phi) is 2.33. The molecule has 1 amide bonds. The van der Waals surface area contributed by atoms with Crippen LogP contribution < -0.4 is 11.1 Å². The van der Waals surface area contributed by atoms with Crippen molar-refractivity contribution in [3.63, 3.8) is 0 Å². The molecule has 3 N–H and O–H groups in total. The lowest BCUT2D eigenvalue weighted by atomic mass is 10.3. The van der Waals surface area contributed by atoms with E-state index in [-0.39, 0.29) is 11.8 Å². The van der Waals surface area contributed by atoms with E-state index in [1.165, 1.54) is 0 Å². The molecule has 1 aromatic heterocycles. The van der Waals surface area contributed by atoms with Gasteiger partial charge in [0.2, 0.25) is 5.91 Å². The van der Waals surface area contributed by atoms with Gasteiger partial charge in [-0.3, -0.25) is 4.79 Å². The third-order valence-corrected chi connectivity index (χ3v) is 3.08. The Morgan fingerprint density at radius 3 is 3.08 bits per heavy atom. The SMILES string of the molecule is NCc1sccc1NC(=O)C1CC1. The first-order chi connectivity index (χ1) is 6.31. The van der Waals surface area contributed by atoms with Crippen molar-refractivity contribution in [2.75, 3.05) is 5.32 Å². The lowest BCUT2D eigenvalue weighted by molar-refractivity contribution is -0.117. The highest BCUT2D eigenvalue weighted by Gasteiger charge is 2.29. The zero-order valence-corrected chi connectivity index (χ0v) is 8.06. The molecule has 1 aliphatic carbocycles. The highest BCUT2D eigenvalue weighted by Crippen LogP contribution is 2.31. The zero-order chi connectivity index (χ0) is 9.26. The first-order valence-corrected chi connectivity index (χ1v) is 5.26. The van der Waals surface area contributed by atoms with Gasteiger partial charge in [0.05, 0.1) is 5.69 Å². The molecular weight excluding hydrogens is 184 g/mol. The topological polar surface area (TPSA) is 55.1 Å². The van der Waals surface area contributed by atoms with Gasteiger partial charge in [0.15, 0.2) is 0 Å². The quantitative estimate of drug-likeness (QED) is 0.770. The molecule has 0 saturated heterocycles. The fraction of sp³-hybridized carbons (Fsp3) is 0.444. The molecule has 70 valence electrons. The van der Waals surface area contributed by atoms with Gasteiger partial charge in [-0.15, -0.1) is 11.3 Å². The molecule has 1 aromatic rings. The van der Waals surface area contributed by atoms with Gasteiger partial charge in [0.25, 0.3) is 0 Å². The van der Waals surface area contributed by atoms with Crippen LogP contribution in [-0.2, 0) is 11.3 Å². The maximum atomic E-state index is 11.4. The van der Waals surface area contributed by atoms with Crippen molar-refractivity contribution in [3.05, 3.63) is 16.3 Å². The Bertz CT molecular complexity index is 317. The van der Waals surface area contributed by atoms with Crippen LogP contribution in [0.3, 0.4) is 0 Å². The second kappa shape index (κ2) is 3.47. The summed E-state index contributed by atoms with van der Waals surface area (Å²) < 4.78 is 0. The average Bonchev–Trinajstić information content (AvgIpc) is 2.88. The van der Waals surface area contributed by atoms with Gasteiger partial charge >= 0.3 is 0 Å². The molecule has 0 aliphatic heterocycles. The number of rotatable bonds is 3. The van der Waals surface area contributed by atoms with E-state index in [4.69, 9.17) is 5.73 Å². The summed E-state index contributed by atoms with van der Waals surface area (Å²) in [5.74, 6) is 0.402. The number of carbonyl (C=O) groups excluding carboxylic acids is 1. The van der Waals surface area contributed by atoms with Crippen LogP contribution >= 0.6 is 11.3 Å². The summed E-state index contributed by atoms with van der Waals surface area (Å²) in [6.07, 6.45) is 2.07. The lowest BCUT2D eigenvalue weighted by Crippen LogP contribution is -2.14. The zero-order valence-electron chi connectivity index (χ0n) is 7.25. The van der Waals surface area contributed by atoms with Crippen molar-refractivity contribution in [3.8, 4) is 0 Å². The molecule has 0 unspecified atom stereocenters. The number of nitrogens with one attached hydrogen (secondary N) is 1. The Balaban J connectivity index is 2.03. The summed E-state index contributed by atoms with van der Waals surface area (Å²) in [6, 6.07) is 1.91. The maximum Gasteiger partial charge on any atom is 0.227 e. The first kappa shape index (κ1) is 8.72. The maximum absolute atomic E-state index is 11.4. The van der Waals surface area contributed by atoms with Gasteiger partial charge in [-0.25, -0.2) is 0 Å². The first-order valence-electron chi connectivity index (χ1n) is 4.38. The second-order valence-electron chi connectivity index (χ2n) is 3.23. The summed E-state index contributed by atoms with van der Waals surface area (Å²) in [6.45, 7) is 0.498. The molecule has 3 nitrogen and oxygen atoms in total. The van der Waals surface area contributed by atoms with Crippen LogP contribution in [0.1, 0.15) is 17.7 Å². The van der Waals surface area contributed by atoms with Gasteiger partial charge in [-0.05, 0) is 24.3 Å². The minimum absolute atomic E-state index is 0.146. The minimum atomic E-state index is 0.146. The van der Waals surface area contributed by atoms with E-state index >= 15 is 0 Å². The molecule has 13 heavy (non-hydrogen) atoms. The molecule has 1 heterocycles. The molecule has 4 heteroatoms. The minimum Gasteiger partial charge on any atom is -0.326 e. The van der Waals surface area contributed by atoms with Crippen LogP contribution in [0.25, 0.3) is 0 Å². The molecule has 0 atom stereocenters. The number of amides is 1. The molecule has 0 spiro atoms. The van der Waals surface area contributed by atoms with E-state index in [9.17, 15) is 4.79 Å². The number of carbonyl (C=O) groups is 1. The third-order valence-electron chi connectivity index (χ3n) is 2.14. The Morgan fingerprint density at radius 1 is 1.69 bits per heavy atom. The van der Waals surface area contributed by atoms with Gasteiger partial charge in [0.1, 0.15) is 0 Å². The number of nitrogens with two attached hydrogens (primary N) is 1. The Labute approximate surface area is 80.9 Å². The second-order valence-corrected chi connectivity index (χ2v) is 4.23. The van der Waals surface area contributed by atoms with Crippen molar-refractivity contribution in [1.82, 2.24) is 0 Å². The van der Waals surface area contributed by atoms with Gasteiger partial charge in [-0.2, -0.15) is 0 Å². The fourth-order valence-electron chi connectivity index (χ4n) is 1.19. The van der Waals surface area contributed by atoms with Crippen molar-refractivity contribution >= 4 is 22.9 Å². The summed E-state index contributed by atoms with van der Waals surface area (Å²) >= 11 is 1.58.